The van der Waals surface area contributed by atoms with Crippen LogP contribution in [0.4, 0.5) is 18.9 Å². The average Bonchev–Trinajstić information content (AvgIpc) is 2.44. The van der Waals surface area contributed by atoms with Gasteiger partial charge in [0.25, 0.3) is 0 Å². The monoisotopic (exact) mass is 309 g/mol. The van der Waals surface area contributed by atoms with E-state index in [1.54, 1.807) is 12.1 Å². The van der Waals surface area contributed by atoms with E-state index < -0.39 is 12.8 Å². The molecule has 1 aromatic carbocycles. The maximum atomic E-state index is 11.9. The Balaban J connectivity index is 2.59. The number of hydrogen-bond donors (Lipinski definition) is 1. The molecule has 0 aliphatic carbocycles. The molecule has 0 saturated heterocycles. The molecule has 0 spiro atoms. The van der Waals surface area contributed by atoms with Gasteiger partial charge in [0.1, 0.15) is 6.61 Å². The van der Waals surface area contributed by atoms with Gasteiger partial charge in [0.2, 0.25) is 5.75 Å². The minimum absolute atomic E-state index is 0.0732. The maximum absolute atomic E-state index is 11.9. The van der Waals surface area contributed by atoms with Crippen LogP contribution >= 0.6 is 0 Å². The number of alkyl halides is 3. The second-order valence-corrected chi connectivity index (χ2v) is 4.01. The molecule has 0 heterocycles. The standard InChI is InChI=1S/C13H18F3NO4/c1-18-10-6-9(7-11(19-2)12(10)20-3)17-4-5-21-8-13(14,15)16/h6-7,17H,4-5,8H2,1-3H3. The fourth-order valence-electron chi connectivity index (χ4n) is 1.64. The first-order valence-electron chi connectivity index (χ1n) is 6.09. The maximum Gasteiger partial charge on any atom is 0.411 e. The Kier molecular flexibility index (Phi) is 6.41. The number of hydrogen-bond acceptors (Lipinski definition) is 5. The van der Waals surface area contributed by atoms with Gasteiger partial charge in [-0.1, -0.05) is 0 Å². The molecule has 0 radical (unpaired) electrons. The molecule has 0 aliphatic rings. The Hall–Kier alpha value is -1.83. The van der Waals surface area contributed by atoms with E-state index in [0.29, 0.717) is 22.9 Å². The minimum atomic E-state index is -4.31. The lowest BCUT2D eigenvalue weighted by atomic mass is 10.2. The van der Waals surface area contributed by atoms with Crippen molar-refractivity contribution in [3.05, 3.63) is 12.1 Å². The second kappa shape index (κ2) is 7.82. The predicted molar refractivity (Wildman–Crippen MR) is 71.5 cm³/mol. The predicted octanol–water partition coefficient (Wildman–Crippen LogP) is 2.70. The van der Waals surface area contributed by atoms with E-state index >= 15 is 0 Å². The van der Waals surface area contributed by atoms with E-state index in [4.69, 9.17) is 14.2 Å². The van der Waals surface area contributed by atoms with Crippen LogP contribution in [-0.4, -0.2) is 47.3 Å². The van der Waals surface area contributed by atoms with Crippen molar-refractivity contribution < 1.29 is 32.1 Å². The van der Waals surface area contributed by atoms with Crippen molar-refractivity contribution in [1.82, 2.24) is 0 Å². The van der Waals surface area contributed by atoms with Gasteiger partial charge in [-0.2, -0.15) is 13.2 Å². The zero-order valence-corrected chi connectivity index (χ0v) is 12.0. The summed E-state index contributed by atoms with van der Waals surface area (Å²) in [6, 6.07) is 3.32. The fraction of sp³-hybridized carbons (Fsp3) is 0.538. The Morgan fingerprint density at radius 3 is 2.00 bits per heavy atom. The molecule has 0 aromatic heterocycles. The molecule has 120 valence electrons. The van der Waals surface area contributed by atoms with Gasteiger partial charge < -0.3 is 24.3 Å². The Morgan fingerprint density at radius 1 is 1.00 bits per heavy atom. The Labute approximate surface area is 120 Å². The number of rotatable bonds is 8. The summed E-state index contributed by atoms with van der Waals surface area (Å²) >= 11 is 0. The molecule has 1 aromatic rings. The number of benzene rings is 1. The molecular weight excluding hydrogens is 291 g/mol. The number of methoxy groups -OCH3 is 3. The molecule has 0 saturated carbocycles. The first kappa shape index (κ1) is 17.2. The lowest BCUT2D eigenvalue weighted by Crippen LogP contribution is -2.20. The van der Waals surface area contributed by atoms with Gasteiger partial charge in [0, 0.05) is 24.4 Å². The number of halogens is 3. The minimum Gasteiger partial charge on any atom is -0.493 e. The van der Waals surface area contributed by atoms with Crippen LogP contribution in [0.3, 0.4) is 0 Å². The van der Waals surface area contributed by atoms with Crippen LogP contribution in [0.2, 0.25) is 0 Å². The summed E-state index contributed by atoms with van der Waals surface area (Å²) in [5, 5.41) is 2.92. The van der Waals surface area contributed by atoms with Gasteiger partial charge in [-0.25, -0.2) is 0 Å². The summed E-state index contributed by atoms with van der Waals surface area (Å²) in [6.07, 6.45) is -4.31. The smallest absolute Gasteiger partial charge is 0.411 e. The first-order chi connectivity index (χ1) is 9.91. The molecule has 0 unspecified atom stereocenters. The van der Waals surface area contributed by atoms with E-state index in [-0.39, 0.29) is 13.2 Å². The summed E-state index contributed by atoms with van der Waals surface area (Å²) in [7, 11) is 4.44. The van der Waals surface area contributed by atoms with Gasteiger partial charge in [0.15, 0.2) is 11.5 Å². The Morgan fingerprint density at radius 2 is 1.57 bits per heavy atom. The highest BCUT2D eigenvalue weighted by Gasteiger charge is 2.27. The highest BCUT2D eigenvalue weighted by Crippen LogP contribution is 2.39. The zero-order chi connectivity index (χ0) is 15.9. The molecule has 1 N–H and O–H groups in total. The fourth-order valence-corrected chi connectivity index (χ4v) is 1.64. The lowest BCUT2D eigenvalue weighted by Gasteiger charge is -2.15. The summed E-state index contributed by atoms with van der Waals surface area (Å²) in [5.41, 5.74) is 0.625. The van der Waals surface area contributed by atoms with Crippen LogP contribution in [0.1, 0.15) is 0 Å². The molecule has 0 amide bonds. The summed E-state index contributed by atoms with van der Waals surface area (Å²) < 4.78 is 55.7. The van der Waals surface area contributed by atoms with Gasteiger partial charge >= 0.3 is 6.18 Å². The van der Waals surface area contributed by atoms with Gasteiger partial charge in [-0.3, -0.25) is 0 Å². The summed E-state index contributed by atoms with van der Waals surface area (Å²) in [6.45, 7) is -1.12. The molecule has 0 bridgehead atoms. The molecule has 5 nitrogen and oxygen atoms in total. The highest BCUT2D eigenvalue weighted by molar-refractivity contribution is 5.62. The third-order valence-electron chi connectivity index (χ3n) is 2.51. The van der Waals surface area contributed by atoms with Crippen LogP contribution in [0.5, 0.6) is 17.2 Å². The molecule has 8 heteroatoms. The SMILES string of the molecule is COc1cc(NCCOCC(F)(F)F)cc(OC)c1OC. The van der Waals surface area contributed by atoms with Crippen molar-refractivity contribution in [1.29, 1.82) is 0 Å². The van der Waals surface area contributed by atoms with E-state index in [9.17, 15) is 13.2 Å². The molecule has 0 aliphatic heterocycles. The van der Waals surface area contributed by atoms with Crippen LogP contribution in [0, 0.1) is 0 Å². The van der Waals surface area contributed by atoms with Crippen molar-refractivity contribution in [2.45, 2.75) is 6.18 Å². The van der Waals surface area contributed by atoms with Crippen molar-refractivity contribution in [2.75, 3.05) is 46.4 Å². The van der Waals surface area contributed by atoms with Crippen LogP contribution in [-0.2, 0) is 4.74 Å². The largest absolute Gasteiger partial charge is 0.493 e. The summed E-state index contributed by atoms with van der Waals surface area (Å²) in [5.74, 6) is 1.35. The quantitative estimate of drug-likeness (QED) is 0.748. The van der Waals surface area contributed by atoms with Crippen molar-refractivity contribution in [2.24, 2.45) is 0 Å². The van der Waals surface area contributed by atoms with Gasteiger partial charge in [-0.05, 0) is 0 Å². The third kappa shape index (κ3) is 5.58. The van der Waals surface area contributed by atoms with Crippen LogP contribution in [0.15, 0.2) is 12.1 Å². The van der Waals surface area contributed by atoms with Gasteiger partial charge in [0.05, 0.1) is 27.9 Å². The zero-order valence-electron chi connectivity index (χ0n) is 12.0. The van der Waals surface area contributed by atoms with E-state index in [1.807, 2.05) is 0 Å². The molecule has 21 heavy (non-hydrogen) atoms. The van der Waals surface area contributed by atoms with E-state index in [2.05, 4.69) is 10.1 Å². The molecule has 0 atom stereocenters. The molecular formula is C13H18F3NO4. The lowest BCUT2D eigenvalue weighted by molar-refractivity contribution is -0.172. The van der Waals surface area contributed by atoms with E-state index in [0.717, 1.165) is 0 Å². The van der Waals surface area contributed by atoms with Gasteiger partial charge in [-0.15, -0.1) is 0 Å². The molecule has 0 fully saturated rings. The summed E-state index contributed by atoms with van der Waals surface area (Å²) in [4.78, 5) is 0. The number of anilines is 1. The van der Waals surface area contributed by atoms with E-state index in [1.165, 1.54) is 21.3 Å². The Bertz CT molecular complexity index is 427. The highest BCUT2D eigenvalue weighted by atomic mass is 19.4. The normalized spacial score (nSPS) is 11.1. The van der Waals surface area contributed by atoms with Crippen molar-refractivity contribution in [3.8, 4) is 17.2 Å². The number of nitrogens with one attached hydrogen (secondary N) is 1. The van der Waals surface area contributed by atoms with Crippen molar-refractivity contribution >= 4 is 5.69 Å². The average molecular weight is 309 g/mol. The van der Waals surface area contributed by atoms with Crippen molar-refractivity contribution in [3.63, 3.8) is 0 Å². The number of ether oxygens (including phenoxy) is 4. The topological polar surface area (TPSA) is 49.0 Å². The third-order valence-corrected chi connectivity index (χ3v) is 2.51. The van der Waals surface area contributed by atoms with Crippen LogP contribution in [0.25, 0.3) is 0 Å². The van der Waals surface area contributed by atoms with Crippen LogP contribution < -0.4 is 19.5 Å². The first-order valence-corrected chi connectivity index (χ1v) is 6.09. The molecule has 1 rings (SSSR count). The second-order valence-electron chi connectivity index (χ2n) is 4.01.